The molecule has 7 amide bonds. The summed E-state index contributed by atoms with van der Waals surface area (Å²) in [6.45, 7) is 7.34. The van der Waals surface area contributed by atoms with Gasteiger partial charge in [0, 0.05) is 72.3 Å². The number of nitrogens with zero attached hydrogens (tertiary/aromatic N) is 2. The molecule has 30 nitrogen and oxygen atoms in total. The van der Waals surface area contributed by atoms with Gasteiger partial charge >= 0.3 is 41.8 Å². The first-order valence-electron chi connectivity index (χ1n) is 30.8. The van der Waals surface area contributed by atoms with Crippen LogP contribution in [-0.2, 0) is 86.1 Å². The van der Waals surface area contributed by atoms with Gasteiger partial charge in [0.05, 0.1) is 13.2 Å². The van der Waals surface area contributed by atoms with Crippen molar-refractivity contribution in [2.75, 3.05) is 53.7 Å². The van der Waals surface area contributed by atoms with Gasteiger partial charge in [0.2, 0.25) is 41.4 Å². The number of likely N-dealkylation sites (N-methyl/N-ethyl adjacent to an activating group) is 2. The molecule has 0 aliphatic heterocycles. The number of carboxylic acid groups (broad SMARTS) is 5. The minimum Gasteiger partial charge on any atom is -0.480 e. The molecule has 0 fully saturated rings. The highest BCUT2D eigenvalue weighted by Crippen LogP contribution is 2.17. The number of amides is 7. The third-order valence-electron chi connectivity index (χ3n) is 14.3. The number of carboxylic acids is 5. The topological polar surface area (TPSA) is 444 Å². The molecule has 7 unspecified atom stereocenters. The largest absolute Gasteiger partial charge is 0.480 e. The van der Waals surface area contributed by atoms with Crippen molar-refractivity contribution in [3.05, 3.63) is 0 Å². The Morgan fingerprint density at radius 1 is 0.326 bits per heavy atom. The first-order valence-corrected chi connectivity index (χ1v) is 30.8. The molecule has 0 saturated carbocycles. The van der Waals surface area contributed by atoms with Crippen molar-refractivity contribution in [3.8, 4) is 0 Å². The lowest BCUT2D eigenvalue weighted by molar-refractivity contribution is -0.156. The average molecular weight is 1270 g/mol. The van der Waals surface area contributed by atoms with Crippen molar-refractivity contribution in [3.63, 3.8) is 0 Å². The Hall–Kier alpha value is -7.50. The van der Waals surface area contributed by atoms with Crippen LogP contribution >= 0.6 is 0 Å². The van der Waals surface area contributed by atoms with Crippen molar-refractivity contribution in [2.24, 2.45) is 0 Å². The lowest BCUT2D eigenvalue weighted by atomic mass is 10.0. The average Bonchev–Trinajstić information content (AvgIpc) is 2.59. The number of carbonyl (C=O) groups is 14. The van der Waals surface area contributed by atoms with Gasteiger partial charge in [0.1, 0.15) is 55.5 Å². The Bertz CT molecular complexity index is 2250. The fourth-order valence-electron chi connectivity index (χ4n) is 9.01. The molecule has 508 valence electrons. The molecule has 0 aromatic carbocycles. The van der Waals surface area contributed by atoms with Gasteiger partial charge in [-0.2, -0.15) is 0 Å². The van der Waals surface area contributed by atoms with Gasteiger partial charge in [-0.05, 0) is 65.2 Å². The highest BCUT2D eigenvalue weighted by molar-refractivity contribution is 5.90. The third-order valence-corrected chi connectivity index (χ3v) is 14.3. The summed E-state index contributed by atoms with van der Waals surface area (Å²) < 4.78 is 20.8. The van der Waals surface area contributed by atoms with Crippen LogP contribution in [-0.4, -0.2) is 214 Å². The summed E-state index contributed by atoms with van der Waals surface area (Å²) in [7, 11) is 2.26. The highest BCUT2D eigenvalue weighted by Gasteiger charge is 2.34. The number of hydrogen-bond acceptors (Lipinski definition) is 18. The van der Waals surface area contributed by atoms with E-state index in [2.05, 4.69) is 33.5 Å². The molecule has 89 heavy (non-hydrogen) atoms. The first kappa shape index (κ1) is 81.5. The summed E-state index contributed by atoms with van der Waals surface area (Å²) in [5.41, 5.74) is 0. The van der Waals surface area contributed by atoms with Crippen LogP contribution in [0.15, 0.2) is 0 Å². The van der Waals surface area contributed by atoms with Crippen molar-refractivity contribution >= 4 is 83.1 Å². The third kappa shape index (κ3) is 37.8. The van der Waals surface area contributed by atoms with Crippen LogP contribution in [0, 0.1) is 0 Å². The van der Waals surface area contributed by atoms with Crippen LogP contribution in [0.2, 0.25) is 0 Å². The molecule has 0 radical (unpaired) electrons. The molecule has 0 aromatic heterocycles. The Labute approximate surface area is 520 Å². The lowest BCUT2D eigenvalue weighted by Crippen LogP contribution is -2.47. The van der Waals surface area contributed by atoms with E-state index in [0.29, 0.717) is 19.4 Å². The fraction of sp³-hybridized carbons (Fsp3) is 0.763. The summed E-state index contributed by atoms with van der Waals surface area (Å²) in [5.74, 6) is -15.1. The predicted molar refractivity (Wildman–Crippen MR) is 317 cm³/mol. The number of ether oxygens (including phenoxy) is 4. The standard InChI is InChI=1S/C59H99N7O23/c1-7-11-12-13-14-15-16-17-18-19-20-22-46(67)61-40(54(76)77)23-29-47(68)63-42(56(80)81)26-33-51(72)66(6)45(59(85)89-38-36-87-10-4)28-34-52(73)65(5)44(57(82)83)27-32-50(71)62-41(55(78)79)24-30-49(70)64-43(58(84)88-37-35-86-9-3)25-31-48(69)60-39(21-8-2)53(74)75/h39-45H,7-38H2,1-6H3,(H,60,69)(H,61,67)(H,62,71)(H,63,68)(H,64,70)(H,74,75)(H,76,77)(H,78,79)(H,80,81)(H,82,83). The van der Waals surface area contributed by atoms with E-state index in [1.165, 1.54) is 45.6 Å². The van der Waals surface area contributed by atoms with E-state index in [1.54, 1.807) is 20.8 Å². The molecule has 0 rings (SSSR count). The summed E-state index contributed by atoms with van der Waals surface area (Å²) in [6, 6.07) is -10.7. The Morgan fingerprint density at radius 2 is 0.640 bits per heavy atom. The van der Waals surface area contributed by atoms with E-state index in [-0.39, 0.29) is 58.7 Å². The highest BCUT2D eigenvalue weighted by atomic mass is 16.6. The Balaban J connectivity index is 5.72. The maximum absolute atomic E-state index is 13.6. The lowest BCUT2D eigenvalue weighted by Gasteiger charge is -2.29. The number of carbonyl (C=O) groups excluding carboxylic acids is 9. The minimum atomic E-state index is -1.72. The Morgan fingerprint density at radius 3 is 1.03 bits per heavy atom. The number of hydrogen-bond donors (Lipinski definition) is 10. The minimum absolute atomic E-state index is 0.0129. The normalized spacial score (nSPS) is 13.3. The number of esters is 2. The van der Waals surface area contributed by atoms with Gasteiger partial charge in [-0.1, -0.05) is 84.5 Å². The second kappa shape index (κ2) is 48.4. The molecule has 0 heterocycles. The number of nitrogens with one attached hydrogen (secondary N) is 5. The summed E-state index contributed by atoms with van der Waals surface area (Å²) >= 11 is 0. The molecular weight excluding hydrogens is 1170 g/mol. The first-order chi connectivity index (χ1) is 42.2. The van der Waals surface area contributed by atoms with Crippen LogP contribution in [0.25, 0.3) is 0 Å². The van der Waals surface area contributed by atoms with Gasteiger partial charge in [-0.25, -0.2) is 33.6 Å². The molecule has 7 atom stereocenters. The second-order valence-corrected chi connectivity index (χ2v) is 21.4. The van der Waals surface area contributed by atoms with Crippen LogP contribution in [0.4, 0.5) is 0 Å². The van der Waals surface area contributed by atoms with Crippen molar-refractivity contribution in [2.45, 2.75) is 237 Å². The zero-order valence-corrected chi connectivity index (χ0v) is 52.6. The van der Waals surface area contributed by atoms with E-state index in [0.717, 1.165) is 42.5 Å². The maximum atomic E-state index is 13.6. The molecule has 0 aliphatic rings. The molecular formula is C59H99N7O23. The SMILES string of the molecule is CCCCCCCCCCCCCC(=O)NC(CCC(=O)NC(CCC(=O)N(C)C(CCC(=O)N(C)C(CCC(=O)NC(CCC(=O)NC(CCC(=O)NC(CCC)C(=O)O)C(=O)OCCOCC)C(=O)O)C(=O)O)C(=O)OCCOCC)C(=O)O)C(=O)O. The second-order valence-electron chi connectivity index (χ2n) is 21.4. The zero-order chi connectivity index (χ0) is 67.3. The number of unbranched alkanes of at least 4 members (excludes halogenated alkanes) is 10. The predicted octanol–water partition coefficient (Wildman–Crippen LogP) is 2.83. The monoisotopic (exact) mass is 1270 g/mol. The zero-order valence-electron chi connectivity index (χ0n) is 52.6. The van der Waals surface area contributed by atoms with Gasteiger partial charge in [-0.3, -0.25) is 33.6 Å². The van der Waals surface area contributed by atoms with Gasteiger partial charge in [-0.15, -0.1) is 0 Å². The molecule has 0 aromatic rings. The molecule has 0 aliphatic carbocycles. The maximum Gasteiger partial charge on any atom is 0.328 e. The summed E-state index contributed by atoms with van der Waals surface area (Å²) in [5, 5.41) is 60.6. The number of aliphatic carboxylic acids is 5. The molecule has 0 spiro atoms. The van der Waals surface area contributed by atoms with Gasteiger partial charge < -0.3 is 80.9 Å². The van der Waals surface area contributed by atoms with Crippen molar-refractivity contribution < 1.29 is 112 Å². The van der Waals surface area contributed by atoms with Crippen LogP contribution in [0.1, 0.15) is 195 Å². The molecule has 0 saturated heterocycles. The Kier molecular flexibility index (Phi) is 44.3. The van der Waals surface area contributed by atoms with E-state index >= 15 is 0 Å². The van der Waals surface area contributed by atoms with Crippen LogP contribution < -0.4 is 26.6 Å². The number of rotatable bonds is 54. The summed E-state index contributed by atoms with van der Waals surface area (Å²) in [4.78, 5) is 180. The quantitative estimate of drug-likeness (QED) is 0.0309. The van der Waals surface area contributed by atoms with Crippen LogP contribution in [0.3, 0.4) is 0 Å². The molecule has 10 N–H and O–H groups in total. The van der Waals surface area contributed by atoms with Gasteiger partial charge in [0.15, 0.2) is 0 Å². The van der Waals surface area contributed by atoms with E-state index in [1.807, 2.05) is 0 Å². The summed E-state index contributed by atoms with van der Waals surface area (Å²) in [6.07, 6.45) is 6.29. The smallest absolute Gasteiger partial charge is 0.328 e. The van der Waals surface area contributed by atoms with Crippen molar-refractivity contribution in [1.29, 1.82) is 0 Å². The van der Waals surface area contributed by atoms with Crippen molar-refractivity contribution in [1.82, 2.24) is 36.4 Å². The molecule has 0 bridgehead atoms. The van der Waals surface area contributed by atoms with E-state index in [4.69, 9.17) is 18.9 Å². The van der Waals surface area contributed by atoms with E-state index in [9.17, 15) is 92.7 Å². The van der Waals surface area contributed by atoms with Gasteiger partial charge in [0.25, 0.3) is 0 Å². The fourth-order valence-corrected chi connectivity index (χ4v) is 9.01. The van der Waals surface area contributed by atoms with E-state index < -0.39 is 190 Å². The molecule has 30 heteroatoms. The van der Waals surface area contributed by atoms with Crippen LogP contribution in [0.5, 0.6) is 0 Å².